The molecule has 0 aliphatic rings. The van der Waals surface area contributed by atoms with E-state index in [0.717, 1.165) is 0 Å². The molecule has 0 aliphatic carbocycles. The molecule has 10 heavy (non-hydrogen) atoms. The molecule has 0 amide bonds. The van der Waals surface area contributed by atoms with Gasteiger partial charge in [-0.25, -0.2) is 0 Å². The highest BCUT2D eigenvalue weighted by Gasteiger charge is 1.84. The largest absolute Gasteiger partial charge is 0.472 e. The van der Waals surface area contributed by atoms with Gasteiger partial charge in [-0.1, -0.05) is 0 Å². The Morgan fingerprint density at radius 3 is 2.60 bits per heavy atom. The minimum Gasteiger partial charge on any atom is -0.472 e. The summed E-state index contributed by atoms with van der Waals surface area (Å²) in [5, 5.41) is 6.92. The van der Waals surface area contributed by atoms with E-state index in [2.05, 4.69) is 21.5 Å². The lowest BCUT2D eigenvalue weighted by atomic mass is 10.7. The van der Waals surface area contributed by atoms with E-state index in [1.54, 1.807) is 6.92 Å². The van der Waals surface area contributed by atoms with Crippen molar-refractivity contribution in [2.45, 2.75) is 6.92 Å². The van der Waals surface area contributed by atoms with E-state index in [9.17, 15) is 0 Å². The van der Waals surface area contributed by atoms with Crippen molar-refractivity contribution in [3.8, 4) is 12.0 Å². The van der Waals surface area contributed by atoms with Crippen LogP contribution in [0.25, 0.3) is 0 Å². The summed E-state index contributed by atoms with van der Waals surface area (Å²) in [4.78, 5) is 0. The molecule has 0 fully saturated rings. The Morgan fingerprint density at radius 2 is 2.20 bits per heavy atom. The zero-order chi connectivity index (χ0) is 7.11. The van der Waals surface area contributed by atoms with Gasteiger partial charge in [-0.3, -0.25) is 5.41 Å². The maximum absolute atomic E-state index is 6.92. The van der Waals surface area contributed by atoms with Crippen LogP contribution in [0.3, 0.4) is 0 Å². The quantitative estimate of drug-likeness (QED) is 0.357. The van der Waals surface area contributed by atoms with Crippen molar-refractivity contribution < 1.29 is 9.47 Å². The topological polar surface area (TPSA) is 42.3 Å². The molecule has 3 nitrogen and oxygen atoms in total. The fourth-order valence-corrected chi connectivity index (χ4v) is 0.278. The molecule has 0 rings (SSSR count). The van der Waals surface area contributed by atoms with Gasteiger partial charge in [0.1, 0.15) is 6.11 Å². The Morgan fingerprint density at radius 1 is 1.60 bits per heavy atom. The van der Waals surface area contributed by atoms with Crippen LogP contribution in [0.15, 0.2) is 0 Å². The summed E-state index contributed by atoms with van der Waals surface area (Å²) in [5.74, 6) is 2.27. The molecule has 0 atom stereocenters. The van der Waals surface area contributed by atoms with Crippen molar-refractivity contribution >= 4 is 18.3 Å². The molecular weight excluding hydrogens is 154 g/mol. The number of halogens is 1. The molecule has 0 aromatic heterocycles. The smallest absolute Gasteiger partial charge is 0.263 e. The number of rotatable bonds is 1. The summed E-state index contributed by atoms with van der Waals surface area (Å²) in [5.41, 5.74) is 0. The molecule has 0 aromatic rings. The first-order chi connectivity index (χ1) is 4.31. The number of hydrogen-bond donors (Lipinski definition) is 1. The van der Waals surface area contributed by atoms with Crippen LogP contribution in [-0.4, -0.2) is 19.6 Å². The van der Waals surface area contributed by atoms with Gasteiger partial charge in [0, 0.05) is 5.92 Å². The van der Waals surface area contributed by atoms with Crippen LogP contribution < -0.4 is 0 Å². The number of nitrogens with one attached hydrogen (secondary N) is 1. The average molecular weight is 164 g/mol. The third-order valence-corrected chi connectivity index (χ3v) is 0.555. The first kappa shape index (κ1) is 11.9. The van der Waals surface area contributed by atoms with Crippen molar-refractivity contribution in [1.82, 2.24) is 0 Å². The van der Waals surface area contributed by atoms with E-state index in [1.807, 2.05) is 0 Å². The highest BCUT2D eigenvalue weighted by molar-refractivity contribution is 5.90. The summed E-state index contributed by atoms with van der Waals surface area (Å²) in [7, 11) is 1.44. The molecule has 0 bridgehead atoms. The lowest BCUT2D eigenvalue weighted by Crippen LogP contribution is -1.98. The Kier molecular flexibility index (Phi) is 9.63. The van der Waals surface area contributed by atoms with Crippen LogP contribution in [0, 0.1) is 17.4 Å². The van der Waals surface area contributed by atoms with E-state index in [1.165, 1.54) is 7.11 Å². The zero-order valence-corrected chi connectivity index (χ0v) is 6.75. The lowest BCUT2D eigenvalue weighted by Gasteiger charge is -1.93. The molecule has 58 valence electrons. The second-order valence-corrected chi connectivity index (χ2v) is 1.19. The molecular formula is C6H10ClNO2. The number of ether oxygens (including phenoxy) is 2. The van der Waals surface area contributed by atoms with Gasteiger partial charge in [-0.15, -0.1) is 12.4 Å². The molecule has 0 saturated heterocycles. The van der Waals surface area contributed by atoms with Crippen molar-refractivity contribution in [3.05, 3.63) is 0 Å². The molecule has 4 heteroatoms. The maximum atomic E-state index is 6.92. The lowest BCUT2D eigenvalue weighted by molar-refractivity contribution is 0.327. The van der Waals surface area contributed by atoms with E-state index in [-0.39, 0.29) is 18.3 Å². The highest BCUT2D eigenvalue weighted by atomic mass is 35.5. The summed E-state index contributed by atoms with van der Waals surface area (Å²) in [6.07, 6.45) is 2.23. The van der Waals surface area contributed by atoms with Crippen LogP contribution in [0.5, 0.6) is 0 Å². The Balaban J connectivity index is 0. The summed E-state index contributed by atoms with van der Waals surface area (Å²) >= 11 is 0. The molecule has 0 unspecified atom stereocenters. The van der Waals surface area contributed by atoms with Gasteiger partial charge in [-0.2, -0.15) is 0 Å². The van der Waals surface area contributed by atoms with Gasteiger partial charge in [0.15, 0.2) is 0 Å². The number of hydrogen-bond acceptors (Lipinski definition) is 3. The highest BCUT2D eigenvalue weighted by Crippen LogP contribution is 1.73. The first-order valence-corrected chi connectivity index (χ1v) is 2.56. The zero-order valence-electron chi connectivity index (χ0n) is 5.93. The van der Waals surface area contributed by atoms with E-state index < -0.39 is 0 Å². The Labute approximate surface area is 66.6 Å². The molecule has 0 radical (unpaired) electrons. The second-order valence-electron chi connectivity index (χ2n) is 1.19. The van der Waals surface area contributed by atoms with Crippen molar-refractivity contribution in [1.29, 1.82) is 5.41 Å². The molecule has 0 heterocycles. The molecule has 0 spiro atoms. The van der Waals surface area contributed by atoms with Crippen molar-refractivity contribution in [2.75, 3.05) is 13.7 Å². The fourth-order valence-electron chi connectivity index (χ4n) is 0.278. The monoisotopic (exact) mass is 163 g/mol. The molecule has 0 aliphatic heterocycles. The van der Waals surface area contributed by atoms with Gasteiger partial charge in [0.2, 0.25) is 0 Å². The van der Waals surface area contributed by atoms with E-state index >= 15 is 0 Å². The third kappa shape index (κ3) is 7.12. The van der Waals surface area contributed by atoms with Crippen LogP contribution in [-0.2, 0) is 9.47 Å². The Bertz CT molecular complexity index is 148. The fraction of sp³-hybridized carbons (Fsp3) is 0.500. The van der Waals surface area contributed by atoms with Crippen LogP contribution in [0.2, 0.25) is 0 Å². The first-order valence-electron chi connectivity index (χ1n) is 2.56. The van der Waals surface area contributed by atoms with Gasteiger partial charge < -0.3 is 9.47 Å². The standard InChI is InChI=1S/C6H9NO2.ClH/c1-3-9-6(7)4-5-8-2;/h7H,3H2,1-2H3;1H. The summed E-state index contributed by atoms with van der Waals surface area (Å²) < 4.78 is 9.05. The average Bonchev–Trinajstić information content (AvgIpc) is 1.85. The second kappa shape index (κ2) is 8.12. The van der Waals surface area contributed by atoms with Crippen molar-refractivity contribution in [2.24, 2.45) is 0 Å². The Hall–Kier alpha value is -0.880. The maximum Gasteiger partial charge on any atom is 0.263 e. The normalized spacial score (nSPS) is 6.20. The predicted octanol–water partition coefficient (Wildman–Crippen LogP) is 1.03. The summed E-state index contributed by atoms with van der Waals surface area (Å²) in [6.45, 7) is 2.26. The van der Waals surface area contributed by atoms with E-state index in [4.69, 9.17) is 5.41 Å². The van der Waals surface area contributed by atoms with Gasteiger partial charge in [0.25, 0.3) is 5.90 Å². The minimum atomic E-state index is -0.0562. The van der Waals surface area contributed by atoms with Crippen LogP contribution in [0.1, 0.15) is 6.92 Å². The summed E-state index contributed by atoms with van der Waals surface area (Å²) in [6, 6.07) is 0. The third-order valence-electron chi connectivity index (χ3n) is 0.555. The van der Waals surface area contributed by atoms with Gasteiger partial charge in [-0.05, 0) is 6.92 Å². The van der Waals surface area contributed by atoms with Gasteiger partial charge >= 0.3 is 0 Å². The minimum absolute atomic E-state index is 0. The van der Waals surface area contributed by atoms with Crippen molar-refractivity contribution in [3.63, 3.8) is 0 Å². The SMILES string of the molecule is CCOC(=N)C#COC.Cl. The van der Waals surface area contributed by atoms with Crippen LogP contribution in [0.4, 0.5) is 0 Å². The van der Waals surface area contributed by atoms with Gasteiger partial charge in [0.05, 0.1) is 13.7 Å². The van der Waals surface area contributed by atoms with Crippen LogP contribution >= 0.6 is 12.4 Å². The predicted molar refractivity (Wildman–Crippen MR) is 41.4 cm³/mol. The molecule has 1 N–H and O–H groups in total. The molecule has 0 aromatic carbocycles. The van der Waals surface area contributed by atoms with E-state index in [0.29, 0.717) is 6.61 Å². The number of methoxy groups -OCH3 is 1. The molecule has 0 saturated carbocycles.